The summed E-state index contributed by atoms with van der Waals surface area (Å²) in [6.45, 7) is 0. The van der Waals surface area contributed by atoms with Crippen LogP contribution in [0.4, 0.5) is 0 Å². The summed E-state index contributed by atoms with van der Waals surface area (Å²) in [5, 5.41) is 11.3. The zero-order valence-electron chi connectivity index (χ0n) is 9.97. The second-order valence-corrected chi connectivity index (χ2v) is 3.94. The molecule has 0 saturated carbocycles. The van der Waals surface area contributed by atoms with E-state index < -0.39 is 0 Å². The number of para-hydroxylation sites is 1. The molecule has 0 aliphatic rings. The molecule has 0 saturated heterocycles. The van der Waals surface area contributed by atoms with Crippen molar-refractivity contribution in [2.24, 2.45) is 0 Å². The maximum atomic E-state index is 12.3. The van der Waals surface area contributed by atoms with Gasteiger partial charge in [0.05, 0.1) is 5.69 Å². The third-order valence-electron chi connectivity index (χ3n) is 2.71. The maximum Gasteiger partial charge on any atom is 0.232 e. The molecule has 0 aliphatic heterocycles. The zero-order chi connectivity index (χ0) is 13.1. The second-order valence-electron chi connectivity index (χ2n) is 3.94. The van der Waals surface area contributed by atoms with E-state index in [2.05, 4.69) is 15.5 Å². The molecule has 0 bridgehead atoms. The lowest BCUT2D eigenvalue weighted by Gasteiger charge is -2.03. The van der Waals surface area contributed by atoms with Crippen LogP contribution >= 0.6 is 0 Å². The highest BCUT2D eigenvalue weighted by molar-refractivity contribution is 6.06. The van der Waals surface area contributed by atoms with E-state index >= 15 is 0 Å². The van der Waals surface area contributed by atoms with Crippen molar-refractivity contribution in [2.45, 2.75) is 0 Å². The monoisotopic (exact) mass is 250 g/mol. The molecule has 1 heterocycles. The molecule has 1 aromatic heterocycles. The van der Waals surface area contributed by atoms with Gasteiger partial charge in [0.1, 0.15) is 0 Å². The van der Waals surface area contributed by atoms with E-state index in [0.717, 1.165) is 5.69 Å². The number of hydrogen-bond donors (Lipinski definition) is 0. The Morgan fingerprint density at radius 2 is 1.53 bits per heavy atom. The average molecular weight is 250 g/mol. The van der Waals surface area contributed by atoms with Gasteiger partial charge in [0.15, 0.2) is 0 Å². The molecule has 0 aliphatic carbocycles. The van der Waals surface area contributed by atoms with Crippen LogP contribution in [0.3, 0.4) is 0 Å². The average Bonchev–Trinajstić information content (AvgIpc) is 2.98. The minimum Gasteiger partial charge on any atom is -0.285 e. The van der Waals surface area contributed by atoms with Gasteiger partial charge in [0.2, 0.25) is 11.6 Å². The third-order valence-corrected chi connectivity index (χ3v) is 2.71. The highest BCUT2D eigenvalue weighted by Crippen LogP contribution is 2.11. The van der Waals surface area contributed by atoms with Crippen LogP contribution in [0.2, 0.25) is 0 Å². The van der Waals surface area contributed by atoms with Crippen LogP contribution in [0.5, 0.6) is 0 Å². The predicted molar refractivity (Wildman–Crippen MR) is 69.0 cm³/mol. The van der Waals surface area contributed by atoms with Gasteiger partial charge in [0.25, 0.3) is 0 Å². The van der Waals surface area contributed by atoms with Crippen molar-refractivity contribution in [3.63, 3.8) is 0 Å². The summed E-state index contributed by atoms with van der Waals surface area (Å²) in [4.78, 5) is 12.3. The summed E-state index contributed by atoms with van der Waals surface area (Å²) < 4.78 is 1.44. The van der Waals surface area contributed by atoms with E-state index in [1.54, 1.807) is 12.1 Å². The maximum absolute atomic E-state index is 12.3. The molecule has 19 heavy (non-hydrogen) atoms. The molecule has 3 rings (SSSR count). The Balaban J connectivity index is 2.04. The van der Waals surface area contributed by atoms with Crippen LogP contribution in [-0.2, 0) is 0 Å². The summed E-state index contributed by atoms with van der Waals surface area (Å²) in [6, 6.07) is 18.3. The molecule has 0 fully saturated rings. The smallest absolute Gasteiger partial charge is 0.232 e. The number of nitrogens with zero attached hydrogens (tertiary/aromatic N) is 4. The fourth-order valence-electron chi connectivity index (χ4n) is 1.79. The van der Waals surface area contributed by atoms with Gasteiger partial charge in [-0.2, -0.15) is 4.68 Å². The number of hydrogen-bond acceptors (Lipinski definition) is 4. The van der Waals surface area contributed by atoms with Crippen LogP contribution in [0.15, 0.2) is 60.7 Å². The fourth-order valence-corrected chi connectivity index (χ4v) is 1.79. The van der Waals surface area contributed by atoms with Gasteiger partial charge in [-0.3, -0.25) is 4.79 Å². The normalized spacial score (nSPS) is 10.3. The van der Waals surface area contributed by atoms with Crippen LogP contribution in [0, 0.1) is 0 Å². The van der Waals surface area contributed by atoms with Crippen molar-refractivity contribution in [1.29, 1.82) is 0 Å². The quantitative estimate of drug-likeness (QED) is 0.666. The molecule has 92 valence electrons. The molecule has 2 aromatic carbocycles. The van der Waals surface area contributed by atoms with Gasteiger partial charge in [-0.05, 0) is 22.6 Å². The SMILES string of the molecule is O=C(c1ccccc1)c1nnnn1-c1ccccc1. The Morgan fingerprint density at radius 3 is 2.21 bits per heavy atom. The molecule has 0 amide bonds. The van der Waals surface area contributed by atoms with Crippen LogP contribution < -0.4 is 0 Å². The van der Waals surface area contributed by atoms with E-state index in [9.17, 15) is 4.79 Å². The summed E-state index contributed by atoms with van der Waals surface area (Å²) in [6.07, 6.45) is 0. The van der Waals surface area contributed by atoms with Crippen molar-refractivity contribution in [1.82, 2.24) is 20.2 Å². The molecule has 0 atom stereocenters. The molecule has 3 aromatic rings. The highest BCUT2D eigenvalue weighted by atomic mass is 16.1. The molecule has 0 unspecified atom stereocenters. The standard InChI is InChI=1S/C14H10N4O/c19-13(11-7-3-1-4-8-11)14-15-16-17-18(14)12-9-5-2-6-10-12/h1-10H. The molecular formula is C14H10N4O. The van der Waals surface area contributed by atoms with Gasteiger partial charge in [0, 0.05) is 5.56 Å². The summed E-state index contributed by atoms with van der Waals surface area (Å²) in [7, 11) is 0. The first-order valence-corrected chi connectivity index (χ1v) is 5.80. The van der Waals surface area contributed by atoms with E-state index in [4.69, 9.17) is 0 Å². The Kier molecular flexibility index (Phi) is 2.86. The van der Waals surface area contributed by atoms with Crippen molar-refractivity contribution < 1.29 is 4.79 Å². The van der Waals surface area contributed by atoms with Crippen molar-refractivity contribution in [3.05, 3.63) is 72.1 Å². The van der Waals surface area contributed by atoms with E-state index in [0.29, 0.717) is 5.56 Å². The first-order valence-electron chi connectivity index (χ1n) is 5.80. The van der Waals surface area contributed by atoms with Gasteiger partial charge in [-0.1, -0.05) is 48.5 Å². The summed E-state index contributed by atoms with van der Waals surface area (Å²) in [5.74, 6) is 0.00635. The second kappa shape index (κ2) is 4.81. The van der Waals surface area contributed by atoms with Crippen molar-refractivity contribution in [3.8, 4) is 5.69 Å². The lowest BCUT2D eigenvalue weighted by atomic mass is 10.1. The van der Waals surface area contributed by atoms with Gasteiger partial charge in [-0.25, -0.2) is 0 Å². The highest BCUT2D eigenvalue weighted by Gasteiger charge is 2.17. The Morgan fingerprint density at radius 1 is 0.895 bits per heavy atom. The van der Waals surface area contributed by atoms with E-state index in [-0.39, 0.29) is 11.6 Å². The number of ketones is 1. The number of carbonyl (C=O) groups excluding carboxylic acids is 1. The van der Waals surface area contributed by atoms with Crippen molar-refractivity contribution in [2.75, 3.05) is 0 Å². The Hall–Kier alpha value is -2.82. The van der Waals surface area contributed by atoms with Crippen LogP contribution in [0.25, 0.3) is 5.69 Å². The minimum atomic E-state index is -0.200. The first-order chi connectivity index (χ1) is 9.36. The van der Waals surface area contributed by atoms with Crippen LogP contribution in [0.1, 0.15) is 16.2 Å². The third kappa shape index (κ3) is 2.13. The topological polar surface area (TPSA) is 60.7 Å². The van der Waals surface area contributed by atoms with Crippen molar-refractivity contribution >= 4 is 5.78 Å². The van der Waals surface area contributed by atoms with Crippen LogP contribution in [-0.4, -0.2) is 26.0 Å². The minimum absolute atomic E-state index is 0.200. The van der Waals surface area contributed by atoms with Gasteiger partial charge >= 0.3 is 0 Å². The fraction of sp³-hybridized carbons (Fsp3) is 0. The first kappa shape index (κ1) is 11.3. The number of aromatic nitrogens is 4. The number of tetrazole rings is 1. The number of rotatable bonds is 3. The predicted octanol–water partition coefficient (Wildman–Crippen LogP) is 1.89. The largest absolute Gasteiger partial charge is 0.285 e. The molecule has 0 N–H and O–H groups in total. The Labute approximate surface area is 109 Å². The zero-order valence-corrected chi connectivity index (χ0v) is 9.97. The lowest BCUT2D eigenvalue weighted by molar-refractivity contribution is 0.102. The van der Waals surface area contributed by atoms with Gasteiger partial charge < -0.3 is 0 Å². The molecular weight excluding hydrogens is 240 g/mol. The molecule has 0 spiro atoms. The molecule has 5 heteroatoms. The molecule has 0 radical (unpaired) electrons. The number of benzene rings is 2. The van der Waals surface area contributed by atoms with E-state index in [1.807, 2.05) is 48.5 Å². The van der Waals surface area contributed by atoms with E-state index in [1.165, 1.54) is 4.68 Å². The lowest BCUT2D eigenvalue weighted by Crippen LogP contribution is -2.11. The molecule has 5 nitrogen and oxygen atoms in total. The summed E-state index contributed by atoms with van der Waals surface area (Å²) >= 11 is 0. The Bertz CT molecular complexity index is 692. The van der Waals surface area contributed by atoms with Gasteiger partial charge in [-0.15, -0.1) is 5.10 Å². The number of carbonyl (C=O) groups is 1. The summed E-state index contributed by atoms with van der Waals surface area (Å²) in [5.41, 5.74) is 1.32.